The average Bonchev–Trinajstić information content (AvgIpc) is 2.37. The summed E-state index contributed by atoms with van der Waals surface area (Å²) >= 11 is -2.34. The summed E-state index contributed by atoms with van der Waals surface area (Å²) in [7, 11) is 0. The van der Waals surface area contributed by atoms with Crippen molar-refractivity contribution < 1.29 is 8.56 Å². The van der Waals surface area contributed by atoms with Gasteiger partial charge in [-0.3, -0.25) is 0 Å². The summed E-state index contributed by atoms with van der Waals surface area (Å²) in [5.74, 6) is -0.133. The van der Waals surface area contributed by atoms with Gasteiger partial charge in [-0.05, 0) is 0 Å². The molecule has 0 aliphatic rings. The summed E-state index contributed by atoms with van der Waals surface area (Å²) in [5.41, 5.74) is 0.674. The Morgan fingerprint density at radius 1 is 1.06 bits per heavy atom. The molecule has 0 radical (unpaired) electrons. The summed E-state index contributed by atoms with van der Waals surface area (Å²) < 4.78 is 5.82. The molecule has 0 saturated heterocycles. The van der Waals surface area contributed by atoms with E-state index in [2.05, 4.69) is 20.8 Å². The van der Waals surface area contributed by atoms with Crippen LogP contribution >= 0.6 is 0 Å². The molecule has 1 aromatic rings. The summed E-state index contributed by atoms with van der Waals surface area (Å²) in [6, 6.07) is 9.28. The molecule has 88 valence electrons. The van der Waals surface area contributed by atoms with Gasteiger partial charge in [0.05, 0.1) is 0 Å². The fourth-order valence-corrected chi connectivity index (χ4v) is 6.92. The third-order valence-electron chi connectivity index (χ3n) is 3.25. The molecule has 1 aromatic carbocycles. The normalized spacial score (nSPS) is 11.2. The Bertz CT molecular complexity index is 323. The van der Waals surface area contributed by atoms with Crippen LogP contribution in [0.5, 0.6) is 0 Å². The minimum atomic E-state index is -2.34. The van der Waals surface area contributed by atoms with Crippen LogP contribution in [0.3, 0.4) is 0 Å². The van der Waals surface area contributed by atoms with Crippen LogP contribution in [0.4, 0.5) is 0 Å². The van der Waals surface area contributed by atoms with Gasteiger partial charge in [0.2, 0.25) is 0 Å². The van der Waals surface area contributed by atoms with Crippen molar-refractivity contribution in [3.63, 3.8) is 0 Å². The molecule has 3 heteroatoms. The summed E-state index contributed by atoms with van der Waals surface area (Å²) in [6.07, 6.45) is 0. The molecule has 0 aliphatic carbocycles. The first-order valence-corrected chi connectivity index (χ1v) is 11.3. The monoisotopic (exact) mass is 282 g/mol. The average molecular weight is 281 g/mol. The van der Waals surface area contributed by atoms with E-state index in [1.54, 1.807) is 0 Å². The van der Waals surface area contributed by atoms with Crippen molar-refractivity contribution in [1.82, 2.24) is 0 Å². The molecule has 0 aliphatic heterocycles. The van der Waals surface area contributed by atoms with Crippen LogP contribution in [0.1, 0.15) is 31.1 Å². The summed E-state index contributed by atoms with van der Waals surface area (Å²) in [6.45, 7) is 6.43. The van der Waals surface area contributed by atoms with Gasteiger partial charge in [-0.1, -0.05) is 0 Å². The van der Waals surface area contributed by atoms with E-state index in [-0.39, 0.29) is 5.97 Å². The molecule has 0 fully saturated rings. The number of hydrogen-bond acceptors (Lipinski definition) is 2. The Hall–Kier alpha value is -0.767. The zero-order valence-electron chi connectivity index (χ0n) is 10.3. The Kier molecular flexibility index (Phi) is 5.06. The van der Waals surface area contributed by atoms with Gasteiger partial charge in [-0.15, -0.1) is 0 Å². The zero-order chi connectivity index (χ0) is 12.0. The van der Waals surface area contributed by atoms with Crippen molar-refractivity contribution in [3.8, 4) is 0 Å². The fraction of sp³-hybridized carbons (Fsp3) is 0.462. The molecule has 2 nitrogen and oxygen atoms in total. The first-order valence-electron chi connectivity index (χ1n) is 5.96. The predicted octanol–water partition coefficient (Wildman–Crippen LogP) is 3.85. The number of carbonyl (C=O) groups excluding carboxylic acids is 1. The number of rotatable bonds is 5. The first-order chi connectivity index (χ1) is 7.67. The van der Waals surface area contributed by atoms with Gasteiger partial charge in [0, 0.05) is 0 Å². The second kappa shape index (κ2) is 6.09. The van der Waals surface area contributed by atoms with Gasteiger partial charge in [-0.2, -0.15) is 0 Å². The number of hydrogen-bond donors (Lipinski definition) is 0. The maximum atomic E-state index is 12.0. The SMILES string of the molecule is C[CH2][Ge]([CH2]C)([CH2]C)[O]C(=O)c1ccccc1. The standard InChI is InChI=1S/C13H20GeO2/c1-4-14(5-2,6-3)16-13(15)12-10-8-7-9-11-12/h7-11H,4-6H2,1-3H3. The van der Waals surface area contributed by atoms with E-state index in [1.807, 2.05) is 30.3 Å². The van der Waals surface area contributed by atoms with Crippen molar-refractivity contribution in [2.24, 2.45) is 0 Å². The van der Waals surface area contributed by atoms with Crippen molar-refractivity contribution in [2.45, 2.75) is 36.5 Å². The molecule has 0 bridgehead atoms. The van der Waals surface area contributed by atoms with Crippen LogP contribution in [-0.2, 0) is 3.76 Å². The van der Waals surface area contributed by atoms with Gasteiger partial charge >= 0.3 is 101 Å². The Morgan fingerprint density at radius 2 is 1.56 bits per heavy atom. The van der Waals surface area contributed by atoms with Crippen LogP contribution in [0.25, 0.3) is 0 Å². The van der Waals surface area contributed by atoms with E-state index < -0.39 is 13.6 Å². The third kappa shape index (κ3) is 3.11. The van der Waals surface area contributed by atoms with Crippen LogP contribution in [0, 0.1) is 0 Å². The molecule has 0 saturated carbocycles. The van der Waals surface area contributed by atoms with E-state index in [4.69, 9.17) is 3.76 Å². The first kappa shape index (κ1) is 13.3. The van der Waals surface area contributed by atoms with Crippen LogP contribution in [0.2, 0.25) is 15.8 Å². The van der Waals surface area contributed by atoms with Gasteiger partial charge in [0.1, 0.15) is 0 Å². The Labute approximate surface area is 101 Å². The molecule has 0 heterocycles. The summed E-state index contributed by atoms with van der Waals surface area (Å²) in [5, 5.41) is 3.14. The molecule has 1 rings (SSSR count). The molecule has 0 amide bonds. The van der Waals surface area contributed by atoms with E-state index in [1.165, 1.54) is 0 Å². The van der Waals surface area contributed by atoms with Gasteiger partial charge < -0.3 is 0 Å². The number of carbonyl (C=O) groups is 1. The maximum absolute atomic E-state index is 12.0. The quantitative estimate of drug-likeness (QED) is 0.766. The van der Waals surface area contributed by atoms with Gasteiger partial charge in [-0.25, -0.2) is 0 Å². The van der Waals surface area contributed by atoms with Crippen LogP contribution in [0.15, 0.2) is 30.3 Å². The third-order valence-corrected chi connectivity index (χ3v) is 12.7. The van der Waals surface area contributed by atoms with Crippen LogP contribution < -0.4 is 0 Å². The van der Waals surface area contributed by atoms with E-state index in [9.17, 15) is 4.79 Å². The second-order valence-corrected chi connectivity index (χ2v) is 13.8. The Balaban J connectivity index is 2.77. The van der Waals surface area contributed by atoms with E-state index >= 15 is 0 Å². The molecule has 0 spiro atoms. The molecule has 16 heavy (non-hydrogen) atoms. The fourth-order valence-electron chi connectivity index (χ4n) is 1.80. The van der Waals surface area contributed by atoms with E-state index in [0.29, 0.717) is 5.56 Å². The second-order valence-electron chi connectivity index (χ2n) is 4.00. The molecule has 0 atom stereocenters. The molecule has 0 aromatic heterocycles. The Morgan fingerprint density at radius 3 is 2.00 bits per heavy atom. The summed E-state index contributed by atoms with van der Waals surface area (Å²) in [4.78, 5) is 12.0. The van der Waals surface area contributed by atoms with Crippen molar-refractivity contribution in [3.05, 3.63) is 35.9 Å². The molecular formula is C13H20GeO2. The zero-order valence-corrected chi connectivity index (χ0v) is 12.4. The van der Waals surface area contributed by atoms with Crippen LogP contribution in [-0.4, -0.2) is 19.6 Å². The molecule has 0 N–H and O–H groups in total. The van der Waals surface area contributed by atoms with Crippen molar-refractivity contribution in [1.29, 1.82) is 0 Å². The van der Waals surface area contributed by atoms with Gasteiger partial charge in [0.25, 0.3) is 0 Å². The molecule has 0 unspecified atom stereocenters. The minimum absolute atomic E-state index is 0.133. The topological polar surface area (TPSA) is 26.3 Å². The molecular weight excluding hydrogens is 261 g/mol. The van der Waals surface area contributed by atoms with Gasteiger partial charge in [0.15, 0.2) is 0 Å². The van der Waals surface area contributed by atoms with Crippen molar-refractivity contribution in [2.75, 3.05) is 0 Å². The predicted molar refractivity (Wildman–Crippen MR) is 69.1 cm³/mol. The van der Waals surface area contributed by atoms with E-state index in [0.717, 1.165) is 15.8 Å². The van der Waals surface area contributed by atoms with Crippen molar-refractivity contribution >= 4 is 19.6 Å². The number of benzene rings is 1.